The first-order chi connectivity index (χ1) is 5.74. The highest BCUT2D eigenvalue weighted by Gasteiger charge is 2.31. The lowest BCUT2D eigenvalue weighted by Crippen LogP contribution is -2.28. The minimum absolute atomic E-state index is 0.734. The molecule has 1 fully saturated rings. The second-order valence-corrected chi connectivity index (χ2v) is 4.42. The van der Waals surface area contributed by atoms with Crippen molar-refractivity contribution in [3.05, 3.63) is 0 Å². The van der Waals surface area contributed by atoms with Gasteiger partial charge in [-0.05, 0) is 38.1 Å². The smallest absolute Gasteiger partial charge is 0.00388 e. The molecule has 1 heteroatoms. The van der Waals surface area contributed by atoms with Crippen LogP contribution in [0.5, 0.6) is 0 Å². The van der Waals surface area contributed by atoms with Crippen molar-refractivity contribution in [1.82, 2.24) is 5.32 Å². The van der Waals surface area contributed by atoms with E-state index in [1.807, 2.05) is 0 Å². The number of hydrogen-bond acceptors (Lipinski definition) is 1. The molecule has 1 aliphatic carbocycles. The van der Waals surface area contributed by atoms with Crippen LogP contribution < -0.4 is 5.32 Å². The van der Waals surface area contributed by atoms with E-state index in [1.165, 1.54) is 32.2 Å². The number of nitrogens with one attached hydrogen (secondary N) is 1. The molecule has 0 aromatic heterocycles. The summed E-state index contributed by atoms with van der Waals surface area (Å²) < 4.78 is 0. The molecule has 0 saturated heterocycles. The molecule has 1 N–H and O–H groups in total. The lowest BCUT2D eigenvalue weighted by Gasteiger charge is -2.12. The van der Waals surface area contributed by atoms with E-state index in [0.717, 1.165) is 17.9 Å². The summed E-state index contributed by atoms with van der Waals surface area (Å²) in [5.41, 5.74) is 0. The fraction of sp³-hybridized carbons (Fsp3) is 1.00. The van der Waals surface area contributed by atoms with Gasteiger partial charge in [-0.1, -0.05) is 26.7 Å². The first kappa shape index (κ1) is 10.0. The monoisotopic (exact) mass is 169 g/mol. The standard InChI is InChI=1S/C11H23N/c1-4-5-6-10(3)12-8-11-7-9(11)2/h9-12H,4-8H2,1-3H3. The molecule has 0 aromatic carbocycles. The summed E-state index contributed by atoms with van der Waals surface area (Å²) in [5, 5.41) is 3.61. The Kier molecular flexibility index (Phi) is 4.07. The van der Waals surface area contributed by atoms with E-state index in [4.69, 9.17) is 0 Å². The minimum Gasteiger partial charge on any atom is -0.314 e. The van der Waals surface area contributed by atoms with Gasteiger partial charge in [0.15, 0.2) is 0 Å². The zero-order chi connectivity index (χ0) is 8.97. The van der Waals surface area contributed by atoms with Crippen LogP contribution in [0.2, 0.25) is 0 Å². The third-order valence-corrected chi connectivity index (χ3v) is 3.00. The van der Waals surface area contributed by atoms with Gasteiger partial charge >= 0.3 is 0 Å². The molecule has 0 heterocycles. The van der Waals surface area contributed by atoms with Crippen LogP contribution in [0, 0.1) is 11.8 Å². The number of unbranched alkanes of at least 4 members (excludes halogenated alkanes) is 1. The third kappa shape index (κ3) is 3.57. The zero-order valence-electron chi connectivity index (χ0n) is 8.77. The van der Waals surface area contributed by atoms with Crippen molar-refractivity contribution in [2.24, 2.45) is 11.8 Å². The van der Waals surface area contributed by atoms with Crippen molar-refractivity contribution in [3.8, 4) is 0 Å². The molecule has 12 heavy (non-hydrogen) atoms. The number of rotatable bonds is 6. The SMILES string of the molecule is CCCCC(C)NCC1CC1C. The average Bonchev–Trinajstić information content (AvgIpc) is 2.75. The first-order valence-electron chi connectivity index (χ1n) is 5.47. The van der Waals surface area contributed by atoms with Gasteiger partial charge in [-0.2, -0.15) is 0 Å². The van der Waals surface area contributed by atoms with Gasteiger partial charge < -0.3 is 5.32 Å². The third-order valence-electron chi connectivity index (χ3n) is 3.00. The summed E-state index contributed by atoms with van der Waals surface area (Å²) in [6.07, 6.45) is 5.49. The Balaban J connectivity index is 1.91. The van der Waals surface area contributed by atoms with Gasteiger partial charge in [0.25, 0.3) is 0 Å². The Labute approximate surface area is 76.9 Å². The fourth-order valence-electron chi connectivity index (χ4n) is 1.65. The normalized spacial score (nSPS) is 30.2. The Morgan fingerprint density at radius 2 is 2.17 bits per heavy atom. The van der Waals surface area contributed by atoms with Gasteiger partial charge in [-0.3, -0.25) is 0 Å². The minimum atomic E-state index is 0.734. The summed E-state index contributed by atoms with van der Waals surface area (Å²) >= 11 is 0. The largest absolute Gasteiger partial charge is 0.314 e. The van der Waals surface area contributed by atoms with Crippen LogP contribution in [0.15, 0.2) is 0 Å². The zero-order valence-corrected chi connectivity index (χ0v) is 8.77. The van der Waals surface area contributed by atoms with Crippen molar-refractivity contribution in [3.63, 3.8) is 0 Å². The van der Waals surface area contributed by atoms with Gasteiger partial charge in [0, 0.05) is 6.04 Å². The molecule has 0 bridgehead atoms. The first-order valence-corrected chi connectivity index (χ1v) is 5.47. The van der Waals surface area contributed by atoms with Crippen LogP contribution in [-0.4, -0.2) is 12.6 Å². The molecular weight excluding hydrogens is 146 g/mol. The van der Waals surface area contributed by atoms with Crippen LogP contribution in [0.25, 0.3) is 0 Å². The molecule has 72 valence electrons. The molecule has 3 atom stereocenters. The van der Waals surface area contributed by atoms with Crippen molar-refractivity contribution < 1.29 is 0 Å². The number of hydrogen-bond donors (Lipinski definition) is 1. The summed E-state index contributed by atoms with van der Waals surface area (Å²) in [6.45, 7) is 8.17. The molecule has 1 saturated carbocycles. The molecule has 1 aliphatic rings. The predicted octanol–water partition coefficient (Wildman–Crippen LogP) is 2.81. The molecule has 1 rings (SSSR count). The van der Waals surface area contributed by atoms with Gasteiger partial charge in [-0.15, -0.1) is 0 Å². The molecule has 0 aliphatic heterocycles. The van der Waals surface area contributed by atoms with E-state index >= 15 is 0 Å². The van der Waals surface area contributed by atoms with Crippen molar-refractivity contribution in [1.29, 1.82) is 0 Å². The van der Waals surface area contributed by atoms with E-state index in [9.17, 15) is 0 Å². The molecule has 1 nitrogen and oxygen atoms in total. The quantitative estimate of drug-likeness (QED) is 0.644. The van der Waals surface area contributed by atoms with Crippen LogP contribution in [0.3, 0.4) is 0 Å². The van der Waals surface area contributed by atoms with Gasteiger partial charge in [0.05, 0.1) is 0 Å². The summed E-state index contributed by atoms with van der Waals surface area (Å²) in [7, 11) is 0. The van der Waals surface area contributed by atoms with Gasteiger partial charge in [0.2, 0.25) is 0 Å². The van der Waals surface area contributed by atoms with Gasteiger partial charge in [0.1, 0.15) is 0 Å². The molecule has 3 unspecified atom stereocenters. The molecule has 0 aromatic rings. The summed E-state index contributed by atoms with van der Waals surface area (Å²) in [5.74, 6) is 1.99. The van der Waals surface area contributed by atoms with Gasteiger partial charge in [-0.25, -0.2) is 0 Å². The van der Waals surface area contributed by atoms with Crippen LogP contribution in [0.4, 0.5) is 0 Å². The fourth-order valence-corrected chi connectivity index (χ4v) is 1.65. The topological polar surface area (TPSA) is 12.0 Å². The maximum Gasteiger partial charge on any atom is 0.00388 e. The summed E-state index contributed by atoms with van der Waals surface area (Å²) in [4.78, 5) is 0. The molecule has 0 amide bonds. The van der Waals surface area contributed by atoms with Crippen molar-refractivity contribution in [2.45, 2.75) is 52.5 Å². The Morgan fingerprint density at radius 1 is 1.50 bits per heavy atom. The van der Waals surface area contributed by atoms with E-state index < -0.39 is 0 Å². The van der Waals surface area contributed by atoms with Crippen LogP contribution in [0.1, 0.15) is 46.5 Å². The molecule has 0 radical (unpaired) electrons. The Morgan fingerprint density at radius 3 is 2.67 bits per heavy atom. The lowest BCUT2D eigenvalue weighted by molar-refractivity contribution is 0.476. The average molecular weight is 169 g/mol. The van der Waals surface area contributed by atoms with E-state index in [-0.39, 0.29) is 0 Å². The second-order valence-electron chi connectivity index (χ2n) is 4.42. The summed E-state index contributed by atoms with van der Waals surface area (Å²) in [6, 6.07) is 0.734. The second kappa shape index (κ2) is 4.86. The van der Waals surface area contributed by atoms with E-state index in [0.29, 0.717) is 0 Å². The maximum atomic E-state index is 3.61. The van der Waals surface area contributed by atoms with Crippen LogP contribution >= 0.6 is 0 Å². The van der Waals surface area contributed by atoms with Crippen LogP contribution in [-0.2, 0) is 0 Å². The Bertz CT molecular complexity index is 122. The molecular formula is C11H23N. The highest BCUT2D eigenvalue weighted by molar-refractivity contribution is 4.84. The lowest BCUT2D eigenvalue weighted by atomic mass is 10.1. The molecule has 0 spiro atoms. The predicted molar refractivity (Wildman–Crippen MR) is 54.3 cm³/mol. The van der Waals surface area contributed by atoms with Crippen molar-refractivity contribution >= 4 is 0 Å². The highest BCUT2D eigenvalue weighted by atomic mass is 14.9. The van der Waals surface area contributed by atoms with E-state index in [1.54, 1.807) is 0 Å². The maximum absolute atomic E-state index is 3.61. The highest BCUT2D eigenvalue weighted by Crippen LogP contribution is 2.36. The Hall–Kier alpha value is -0.0400. The van der Waals surface area contributed by atoms with E-state index in [2.05, 4.69) is 26.1 Å². The van der Waals surface area contributed by atoms with Crippen molar-refractivity contribution in [2.75, 3.05) is 6.54 Å².